The first-order valence-corrected chi connectivity index (χ1v) is 6.22. The Hall–Kier alpha value is -1.75. The van der Waals surface area contributed by atoms with Gasteiger partial charge in [0.1, 0.15) is 11.6 Å². The highest BCUT2D eigenvalue weighted by Gasteiger charge is 2.23. The quantitative estimate of drug-likeness (QED) is 0.841. The normalized spacial score (nSPS) is 15.2. The van der Waals surface area contributed by atoms with Crippen LogP contribution in [0.1, 0.15) is 26.3 Å². The number of hydrogen-bond acceptors (Lipinski definition) is 5. The van der Waals surface area contributed by atoms with Gasteiger partial charge in [0, 0.05) is 0 Å². The fourth-order valence-corrected chi connectivity index (χ4v) is 1.78. The molecule has 1 unspecified atom stereocenters. The second-order valence-corrected chi connectivity index (χ2v) is 5.53. The van der Waals surface area contributed by atoms with Crippen LogP contribution in [0.4, 0.5) is 0 Å². The van der Waals surface area contributed by atoms with Gasteiger partial charge in [-0.15, -0.1) is 0 Å². The third-order valence-corrected chi connectivity index (χ3v) is 2.60. The molecule has 2 rings (SSSR count). The lowest BCUT2D eigenvalue weighted by molar-refractivity contribution is -0.156. The Morgan fingerprint density at radius 3 is 2.74 bits per heavy atom. The minimum Gasteiger partial charge on any atom is -0.459 e. The Labute approximate surface area is 112 Å². The molecule has 1 aromatic carbocycles. The third-order valence-electron chi connectivity index (χ3n) is 2.60. The Kier molecular flexibility index (Phi) is 3.66. The lowest BCUT2D eigenvalue weighted by Crippen LogP contribution is -2.38. The van der Waals surface area contributed by atoms with Crippen LogP contribution in [0.25, 0.3) is 0 Å². The molecule has 1 aliphatic rings. The van der Waals surface area contributed by atoms with Gasteiger partial charge in [-0.05, 0) is 44.9 Å². The highest BCUT2D eigenvalue weighted by atomic mass is 16.7. The summed E-state index contributed by atoms with van der Waals surface area (Å²) in [6.07, 6.45) is 0.408. The second kappa shape index (κ2) is 5.09. The molecule has 0 amide bonds. The Bertz CT molecular complexity index is 479. The van der Waals surface area contributed by atoms with Gasteiger partial charge in [-0.3, -0.25) is 4.79 Å². The zero-order valence-corrected chi connectivity index (χ0v) is 11.4. The Morgan fingerprint density at radius 2 is 2.05 bits per heavy atom. The van der Waals surface area contributed by atoms with E-state index in [1.165, 1.54) is 0 Å². The van der Waals surface area contributed by atoms with Crippen LogP contribution in [0.5, 0.6) is 11.5 Å². The topological polar surface area (TPSA) is 70.8 Å². The van der Waals surface area contributed by atoms with Crippen LogP contribution in [-0.4, -0.2) is 24.4 Å². The van der Waals surface area contributed by atoms with E-state index >= 15 is 0 Å². The number of nitrogens with two attached hydrogens (primary N) is 1. The molecule has 1 heterocycles. The number of esters is 1. The first kappa shape index (κ1) is 13.7. The number of benzene rings is 1. The summed E-state index contributed by atoms with van der Waals surface area (Å²) in [6, 6.07) is 4.85. The van der Waals surface area contributed by atoms with Gasteiger partial charge < -0.3 is 19.9 Å². The van der Waals surface area contributed by atoms with Gasteiger partial charge in [0.2, 0.25) is 6.79 Å². The van der Waals surface area contributed by atoms with Crippen LogP contribution in [0, 0.1) is 0 Å². The molecule has 5 nitrogen and oxygen atoms in total. The lowest BCUT2D eigenvalue weighted by Gasteiger charge is -2.22. The van der Waals surface area contributed by atoms with Crippen molar-refractivity contribution in [2.45, 2.75) is 38.8 Å². The van der Waals surface area contributed by atoms with Crippen LogP contribution >= 0.6 is 0 Å². The van der Waals surface area contributed by atoms with Gasteiger partial charge in [-0.2, -0.15) is 0 Å². The van der Waals surface area contributed by atoms with Gasteiger partial charge in [0.15, 0.2) is 11.5 Å². The van der Waals surface area contributed by atoms with Crippen LogP contribution in [0.2, 0.25) is 0 Å². The SMILES string of the molecule is CC(C)(C)OC(=O)C(N)Cc1ccc2c(c1)OCO2. The summed E-state index contributed by atoms with van der Waals surface area (Å²) >= 11 is 0. The summed E-state index contributed by atoms with van der Waals surface area (Å²) in [5.74, 6) is 1.01. The summed E-state index contributed by atoms with van der Waals surface area (Å²) in [6.45, 7) is 5.69. The molecular weight excluding hydrogens is 246 g/mol. The van der Waals surface area contributed by atoms with Crippen molar-refractivity contribution in [3.8, 4) is 11.5 Å². The van der Waals surface area contributed by atoms with Crippen LogP contribution in [-0.2, 0) is 16.0 Å². The molecular formula is C14H19NO4. The molecule has 0 aliphatic carbocycles. The van der Waals surface area contributed by atoms with E-state index < -0.39 is 17.6 Å². The third kappa shape index (κ3) is 3.61. The van der Waals surface area contributed by atoms with Gasteiger partial charge in [-0.1, -0.05) is 6.07 Å². The van der Waals surface area contributed by atoms with Gasteiger partial charge in [-0.25, -0.2) is 0 Å². The molecule has 0 fully saturated rings. The maximum absolute atomic E-state index is 11.8. The van der Waals surface area contributed by atoms with Crippen molar-refractivity contribution in [1.29, 1.82) is 0 Å². The second-order valence-electron chi connectivity index (χ2n) is 5.53. The number of fused-ring (bicyclic) bond motifs is 1. The highest BCUT2D eigenvalue weighted by Crippen LogP contribution is 2.32. The summed E-state index contributed by atoms with van der Waals surface area (Å²) in [5.41, 5.74) is 6.25. The van der Waals surface area contributed by atoms with E-state index in [4.69, 9.17) is 19.9 Å². The summed E-state index contributed by atoms with van der Waals surface area (Å²) < 4.78 is 15.8. The molecule has 19 heavy (non-hydrogen) atoms. The van der Waals surface area contributed by atoms with Crippen molar-refractivity contribution >= 4 is 5.97 Å². The van der Waals surface area contributed by atoms with E-state index in [2.05, 4.69) is 0 Å². The minimum atomic E-state index is -0.681. The van der Waals surface area contributed by atoms with E-state index in [9.17, 15) is 4.79 Å². The van der Waals surface area contributed by atoms with Crippen molar-refractivity contribution < 1.29 is 19.0 Å². The fourth-order valence-electron chi connectivity index (χ4n) is 1.78. The van der Waals surface area contributed by atoms with Crippen molar-refractivity contribution in [2.24, 2.45) is 5.73 Å². The highest BCUT2D eigenvalue weighted by molar-refractivity contribution is 5.76. The average Bonchev–Trinajstić information content (AvgIpc) is 2.73. The summed E-state index contributed by atoms with van der Waals surface area (Å²) in [7, 11) is 0. The van der Waals surface area contributed by atoms with Crippen molar-refractivity contribution in [1.82, 2.24) is 0 Å². The number of ether oxygens (including phenoxy) is 3. The molecule has 0 radical (unpaired) electrons. The number of rotatable bonds is 3. The molecule has 0 spiro atoms. The Morgan fingerprint density at radius 1 is 1.37 bits per heavy atom. The molecule has 104 valence electrons. The zero-order chi connectivity index (χ0) is 14.0. The fraction of sp³-hybridized carbons (Fsp3) is 0.500. The van der Waals surface area contributed by atoms with Gasteiger partial charge in [0.25, 0.3) is 0 Å². The summed E-state index contributed by atoms with van der Waals surface area (Å²) in [4.78, 5) is 11.8. The van der Waals surface area contributed by atoms with E-state index in [-0.39, 0.29) is 6.79 Å². The van der Waals surface area contributed by atoms with E-state index in [0.29, 0.717) is 12.2 Å². The number of hydrogen-bond donors (Lipinski definition) is 1. The first-order chi connectivity index (χ1) is 8.85. The molecule has 1 atom stereocenters. The molecule has 5 heteroatoms. The predicted molar refractivity (Wildman–Crippen MR) is 70.1 cm³/mol. The first-order valence-electron chi connectivity index (χ1n) is 6.22. The molecule has 1 aromatic rings. The molecule has 0 aromatic heterocycles. The number of carbonyl (C=O) groups is 1. The van der Waals surface area contributed by atoms with Crippen LogP contribution in [0.3, 0.4) is 0 Å². The van der Waals surface area contributed by atoms with Crippen molar-refractivity contribution in [3.63, 3.8) is 0 Å². The maximum atomic E-state index is 11.8. The van der Waals surface area contributed by atoms with E-state index in [1.54, 1.807) is 0 Å². The molecule has 1 aliphatic heterocycles. The zero-order valence-electron chi connectivity index (χ0n) is 11.4. The smallest absolute Gasteiger partial charge is 0.323 e. The monoisotopic (exact) mass is 265 g/mol. The van der Waals surface area contributed by atoms with E-state index in [0.717, 1.165) is 11.3 Å². The largest absolute Gasteiger partial charge is 0.459 e. The minimum absolute atomic E-state index is 0.233. The standard InChI is InChI=1S/C14H19NO4/c1-14(2,3)19-13(16)10(15)6-9-4-5-11-12(7-9)18-8-17-11/h4-5,7,10H,6,8,15H2,1-3H3. The van der Waals surface area contributed by atoms with Crippen LogP contribution < -0.4 is 15.2 Å². The van der Waals surface area contributed by atoms with Crippen molar-refractivity contribution in [2.75, 3.05) is 6.79 Å². The predicted octanol–water partition coefficient (Wildman–Crippen LogP) is 1.63. The lowest BCUT2D eigenvalue weighted by atomic mass is 10.1. The molecule has 2 N–H and O–H groups in total. The van der Waals surface area contributed by atoms with Gasteiger partial charge >= 0.3 is 5.97 Å². The summed E-state index contributed by atoms with van der Waals surface area (Å²) in [5, 5.41) is 0. The Balaban J connectivity index is 1.99. The maximum Gasteiger partial charge on any atom is 0.323 e. The van der Waals surface area contributed by atoms with E-state index in [1.807, 2.05) is 39.0 Å². The van der Waals surface area contributed by atoms with Crippen LogP contribution in [0.15, 0.2) is 18.2 Å². The number of carbonyl (C=O) groups excluding carboxylic acids is 1. The van der Waals surface area contributed by atoms with Gasteiger partial charge in [0.05, 0.1) is 0 Å². The molecule has 0 saturated carbocycles. The van der Waals surface area contributed by atoms with Crippen molar-refractivity contribution in [3.05, 3.63) is 23.8 Å². The molecule has 0 bridgehead atoms. The average molecular weight is 265 g/mol. The molecule has 0 saturated heterocycles.